The molecule has 0 fully saturated rings. The number of guanidine groups is 1. The lowest BCUT2D eigenvalue weighted by Crippen LogP contribution is -2.37. The SMILES string of the molecule is CN=C(NCCCCCCC(C)C)NCc1c(C)nn(C)c1C. The Labute approximate surface area is 142 Å². The number of hydrogen-bond donors (Lipinski definition) is 2. The van der Waals surface area contributed by atoms with Crippen molar-refractivity contribution < 1.29 is 0 Å². The van der Waals surface area contributed by atoms with Crippen LogP contribution in [0.15, 0.2) is 4.99 Å². The highest BCUT2D eigenvalue weighted by Crippen LogP contribution is 2.11. The smallest absolute Gasteiger partial charge is 0.191 e. The fraction of sp³-hybridized carbons (Fsp3) is 0.778. The van der Waals surface area contributed by atoms with Gasteiger partial charge < -0.3 is 10.6 Å². The van der Waals surface area contributed by atoms with E-state index in [9.17, 15) is 0 Å². The molecule has 1 rings (SSSR count). The Balaban J connectivity index is 2.22. The van der Waals surface area contributed by atoms with Crippen molar-refractivity contribution in [3.63, 3.8) is 0 Å². The number of nitrogens with one attached hydrogen (secondary N) is 2. The van der Waals surface area contributed by atoms with E-state index in [1.54, 1.807) is 0 Å². The Morgan fingerprint density at radius 3 is 2.39 bits per heavy atom. The van der Waals surface area contributed by atoms with E-state index < -0.39 is 0 Å². The lowest BCUT2D eigenvalue weighted by atomic mass is 10.0. The van der Waals surface area contributed by atoms with Crippen LogP contribution in [-0.2, 0) is 13.6 Å². The third-order valence-corrected chi connectivity index (χ3v) is 4.32. The quantitative estimate of drug-likeness (QED) is 0.417. The summed E-state index contributed by atoms with van der Waals surface area (Å²) in [7, 11) is 3.80. The van der Waals surface area contributed by atoms with Gasteiger partial charge in [0.1, 0.15) is 0 Å². The zero-order chi connectivity index (χ0) is 17.2. The molecule has 0 amide bonds. The number of aliphatic imine (C=N–C) groups is 1. The van der Waals surface area contributed by atoms with Gasteiger partial charge in [-0.25, -0.2) is 0 Å². The van der Waals surface area contributed by atoms with Crippen molar-refractivity contribution in [2.24, 2.45) is 18.0 Å². The summed E-state index contributed by atoms with van der Waals surface area (Å²) in [6.45, 7) is 10.5. The lowest BCUT2D eigenvalue weighted by Gasteiger charge is -2.12. The maximum absolute atomic E-state index is 4.45. The molecule has 0 unspecified atom stereocenters. The topological polar surface area (TPSA) is 54.2 Å². The number of nitrogens with zero attached hydrogens (tertiary/aromatic N) is 3. The molecule has 0 saturated carbocycles. The zero-order valence-corrected chi connectivity index (χ0v) is 15.9. The average Bonchev–Trinajstić information content (AvgIpc) is 2.74. The predicted octanol–water partition coefficient (Wildman–Crippen LogP) is 3.31. The van der Waals surface area contributed by atoms with E-state index in [4.69, 9.17) is 0 Å². The number of aromatic nitrogens is 2. The summed E-state index contributed by atoms with van der Waals surface area (Å²) < 4.78 is 1.93. The van der Waals surface area contributed by atoms with E-state index >= 15 is 0 Å². The van der Waals surface area contributed by atoms with Gasteiger partial charge in [-0.05, 0) is 26.2 Å². The largest absolute Gasteiger partial charge is 0.356 e. The summed E-state index contributed by atoms with van der Waals surface area (Å²) in [5, 5.41) is 11.2. The molecule has 0 aliphatic rings. The maximum Gasteiger partial charge on any atom is 0.191 e. The van der Waals surface area contributed by atoms with E-state index in [-0.39, 0.29) is 0 Å². The molecule has 1 aromatic rings. The Kier molecular flexibility index (Phi) is 8.74. The minimum absolute atomic E-state index is 0.763. The third-order valence-electron chi connectivity index (χ3n) is 4.32. The molecule has 0 saturated heterocycles. The summed E-state index contributed by atoms with van der Waals surface area (Å²) in [5.74, 6) is 1.70. The van der Waals surface area contributed by atoms with Crippen LogP contribution >= 0.6 is 0 Å². The average molecular weight is 322 g/mol. The number of hydrogen-bond acceptors (Lipinski definition) is 2. The molecule has 0 atom stereocenters. The maximum atomic E-state index is 4.45. The molecule has 0 aliphatic carbocycles. The molecule has 0 bridgehead atoms. The Bertz CT molecular complexity index is 488. The first-order valence-electron chi connectivity index (χ1n) is 8.89. The molecule has 0 radical (unpaired) electrons. The molecular formula is C18H35N5. The van der Waals surface area contributed by atoms with Gasteiger partial charge in [0.2, 0.25) is 0 Å². The molecule has 0 aromatic carbocycles. The number of aryl methyl sites for hydroxylation is 2. The Hall–Kier alpha value is -1.52. The monoisotopic (exact) mass is 321 g/mol. The molecule has 0 spiro atoms. The van der Waals surface area contributed by atoms with E-state index in [0.29, 0.717) is 0 Å². The highest BCUT2D eigenvalue weighted by Gasteiger charge is 2.09. The number of unbranched alkanes of at least 4 members (excludes halogenated alkanes) is 3. The summed E-state index contributed by atoms with van der Waals surface area (Å²) in [6.07, 6.45) is 6.52. The van der Waals surface area contributed by atoms with Crippen LogP contribution in [-0.4, -0.2) is 29.3 Å². The molecule has 1 heterocycles. The third kappa shape index (κ3) is 7.06. The second kappa shape index (κ2) is 10.3. The van der Waals surface area contributed by atoms with Gasteiger partial charge in [0.15, 0.2) is 5.96 Å². The summed E-state index contributed by atoms with van der Waals surface area (Å²) in [5.41, 5.74) is 3.54. The standard InChI is InChI=1S/C18H35N5/c1-14(2)11-9-7-8-10-12-20-18(19-5)21-13-17-15(3)22-23(6)16(17)4/h14H,7-13H2,1-6H3,(H2,19,20,21). The van der Waals surface area contributed by atoms with Crippen molar-refractivity contribution >= 4 is 5.96 Å². The van der Waals surface area contributed by atoms with Crippen LogP contribution in [0.4, 0.5) is 0 Å². The Morgan fingerprint density at radius 1 is 1.13 bits per heavy atom. The molecule has 5 nitrogen and oxygen atoms in total. The second-order valence-corrected chi connectivity index (χ2v) is 6.72. The molecule has 1 aromatic heterocycles. The zero-order valence-electron chi connectivity index (χ0n) is 15.9. The van der Waals surface area contributed by atoms with Crippen LogP contribution in [0.2, 0.25) is 0 Å². The molecule has 0 aliphatic heterocycles. The van der Waals surface area contributed by atoms with Gasteiger partial charge in [0.25, 0.3) is 0 Å². The van der Waals surface area contributed by atoms with Crippen LogP contribution in [0, 0.1) is 19.8 Å². The highest BCUT2D eigenvalue weighted by molar-refractivity contribution is 5.79. The van der Waals surface area contributed by atoms with Crippen LogP contribution < -0.4 is 10.6 Å². The minimum atomic E-state index is 0.763. The fourth-order valence-electron chi connectivity index (χ4n) is 2.70. The summed E-state index contributed by atoms with van der Waals surface area (Å²) in [4.78, 5) is 4.29. The predicted molar refractivity (Wildman–Crippen MR) is 98.8 cm³/mol. The highest BCUT2D eigenvalue weighted by atomic mass is 15.3. The first-order chi connectivity index (χ1) is 11.0. The van der Waals surface area contributed by atoms with Crippen LogP contribution in [0.3, 0.4) is 0 Å². The molecule has 5 heteroatoms. The first kappa shape index (κ1) is 19.5. The van der Waals surface area contributed by atoms with Gasteiger partial charge in [-0.15, -0.1) is 0 Å². The normalized spacial score (nSPS) is 12.0. The van der Waals surface area contributed by atoms with Crippen LogP contribution in [0.1, 0.15) is 62.9 Å². The van der Waals surface area contributed by atoms with Crippen molar-refractivity contribution in [1.29, 1.82) is 0 Å². The van der Waals surface area contributed by atoms with Crippen LogP contribution in [0.25, 0.3) is 0 Å². The van der Waals surface area contributed by atoms with Crippen LogP contribution in [0.5, 0.6) is 0 Å². The lowest BCUT2D eigenvalue weighted by molar-refractivity contribution is 0.518. The second-order valence-electron chi connectivity index (χ2n) is 6.72. The molecule has 23 heavy (non-hydrogen) atoms. The summed E-state index contributed by atoms with van der Waals surface area (Å²) in [6, 6.07) is 0. The minimum Gasteiger partial charge on any atom is -0.356 e. The van der Waals surface area contributed by atoms with Crippen molar-refractivity contribution in [2.75, 3.05) is 13.6 Å². The van der Waals surface area contributed by atoms with E-state index in [1.807, 2.05) is 18.8 Å². The van der Waals surface area contributed by atoms with Crippen molar-refractivity contribution in [3.05, 3.63) is 17.0 Å². The van der Waals surface area contributed by atoms with Crippen molar-refractivity contribution in [3.8, 4) is 0 Å². The molecule has 132 valence electrons. The summed E-state index contributed by atoms with van der Waals surface area (Å²) >= 11 is 0. The van der Waals surface area contributed by atoms with Gasteiger partial charge >= 0.3 is 0 Å². The van der Waals surface area contributed by atoms with Gasteiger partial charge in [-0.3, -0.25) is 9.67 Å². The van der Waals surface area contributed by atoms with E-state index in [0.717, 1.165) is 30.7 Å². The van der Waals surface area contributed by atoms with Gasteiger partial charge in [-0.1, -0.05) is 39.5 Å². The van der Waals surface area contributed by atoms with E-state index in [2.05, 4.69) is 48.4 Å². The Morgan fingerprint density at radius 2 is 1.83 bits per heavy atom. The molecular weight excluding hydrogens is 286 g/mol. The van der Waals surface area contributed by atoms with Crippen molar-refractivity contribution in [2.45, 2.75) is 66.3 Å². The first-order valence-corrected chi connectivity index (χ1v) is 8.89. The number of rotatable bonds is 9. The fourth-order valence-corrected chi connectivity index (χ4v) is 2.70. The van der Waals surface area contributed by atoms with Gasteiger partial charge in [0, 0.05) is 38.4 Å². The van der Waals surface area contributed by atoms with Crippen molar-refractivity contribution in [1.82, 2.24) is 20.4 Å². The molecule has 2 N–H and O–H groups in total. The van der Waals surface area contributed by atoms with Gasteiger partial charge in [0.05, 0.1) is 5.69 Å². The van der Waals surface area contributed by atoms with E-state index in [1.165, 1.54) is 43.4 Å². The van der Waals surface area contributed by atoms with Gasteiger partial charge in [-0.2, -0.15) is 5.10 Å².